The van der Waals surface area contributed by atoms with Crippen molar-refractivity contribution in [1.29, 1.82) is 0 Å². The van der Waals surface area contributed by atoms with Crippen LogP contribution in [0, 0.1) is 5.92 Å². The minimum Gasteiger partial charge on any atom is -0.744 e. The van der Waals surface area contributed by atoms with Crippen molar-refractivity contribution < 1.29 is 103 Å². The molecule has 0 heterocycles. The Balaban J connectivity index is 0.00000378. The third-order valence-electron chi connectivity index (χ3n) is 8.75. The van der Waals surface area contributed by atoms with Crippen molar-refractivity contribution in [2.24, 2.45) is 5.92 Å². The molecule has 1 unspecified atom stereocenters. The van der Waals surface area contributed by atoms with Gasteiger partial charge in [-0.2, -0.15) is 0 Å². The Morgan fingerprint density at radius 3 is 1.75 bits per heavy atom. The van der Waals surface area contributed by atoms with Crippen LogP contribution in [-0.2, 0) is 43.4 Å². The Morgan fingerprint density at radius 1 is 0.679 bits per heavy atom. The Morgan fingerprint density at radius 2 is 1.23 bits per heavy atom. The second-order valence-corrected chi connectivity index (χ2v) is 16.1. The van der Waals surface area contributed by atoms with Crippen molar-refractivity contribution in [3.8, 4) is 0 Å². The van der Waals surface area contributed by atoms with E-state index >= 15 is 0 Å². The molecule has 0 N–H and O–H groups in total. The summed E-state index contributed by atoms with van der Waals surface area (Å²) >= 11 is 0. The van der Waals surface area contributed by atoms with Crippen LogP contribution in [0.2, 0.25) is 0 Å². The van der Waals surface area contributed by atoms with Gasteiger partial charge in [0.25, 0.3) is 0 Å². The van der Waals surface area contributed by atoms with Crippen LogP contribution >= 0.6 is 0 Å². The van der Waals surface area contributed by atoms with Crippen molar-refractivity contribution in [3.63, 3.8) is 0 Å². The zero-order valence-corrected chi connectivity index (χ0v) is 36.3. The van der Waals surface area contributed by atoms with Crippen molar-refractivity contribution in [2.75, 3.05) is 18.0 Å². The Kier molecular flexibility index (Phi) is 16.1. The molecular weight excluding hydrogens is 759 g/mol. The van der Waals surface area contributed by atoms with E-state index in [1.807, 2.05) is 71.9 Å². The maximum absolute atomic E-state index is 12.4. The van der Waals surface area contributed by atoms with E-state index < -0.39 is 36.3 Å². The average molecular weight is 795 g/mol. The van der Waals surface area contributed by atoms with Gasteiger partial charge in [-0.05, 0) is 73.0 Å². The SMILES string of the molecule is CCN(Cc1cccc(S(=O)(=O)[O-])c1)c1ccc(C(c2ccccc2S(=O)(=O)[O-])C2C=CC(=[N+](CC)Cc3cccc(S(=O)(=O)[O-])c3)C=C2)cc1.[Na+].[Na+]. The monoisotopic (exact) mass is 794 g/mol. The first-order chi connectivity index (χ1) is 24.1. The predicted molar refractivity (Wildman–Crippen MR) is 190 cm³/mol. The van der Waals surface area contributed by atoms with Crippen molar-refractivity contribution in [3.05, 3.63) is 144 Å². The fraction of sp³-hybridized carbons (Fsp3) is 0.216. The van der Waals surface area contributed by atoms with Gasteiger partial charge in [0.05, 0.1) is 14.7 Å². The largest absolute Gasteiger partial charge is 1.00 e. The fourth-order valence-electron chi connectivity index (χ4n) is 6.25. The van der Waals surface area contributed by atoms with Crippen LogP contribution in [0.1, 0.15) is 42.0 Å². The number of anilines is 1. The molecule has 5 rings (SSSR count). The molecule has 268 valence electrons. The summed E-state index contributed by atoms with van der Waals surface area (Å²) in [6.45, 7) is 5.67. The molecule has 0 aliphatic heterocycles. The summed E-state index contributed by atoms with van der Waals surface area (Å²) in [7, 11) is -14.0. The molecule has 1 aliphatic carbocycles. The van der Waals surface area contributed by atoms with E-state index in [1.165, 1.54) is 48.5 Å². The zero-order chi connectivity index (χ0) is 37.0. The van der Waals surface area contributed by atoms with Gasteiger partial charge >= 0.3 is 59.1 Å². The third kappa shape index (κ3) is 11.5. The van der Waals surface area contributed by atoms with Gasteiger partial charge in [-0.15, -0.1) is 0 Å². The van der Waals surface area contributed by atoms with E-state index in [2.05, 4.69) is 0 Å². The smallest absolute Gasteiger partial charge is 0.744 e. The molecule has 4 aromatic carbocycles. The number of benzene rings is 4. The van der Waals surface area contributed by atoms with Gasteiger partial charge in [-0.3, -0.25) is 0 Å². The van der Waals surface area contributed by atoms with Crippen molar-refractivity contribution in [2.45, 2.75) is 47.5 Å². The molecule has 11 nitrogen and oxygen atoms in total. The maximum Gasteiger partial charge on any atom is 1.00 e. The molecule has 0 amide bonds. The molecule has 0 saturated heterocycles. The minimum absolute atomic E-state index is 0. The summed E-state index contributed by atoms with van der Waals surface area (Å²) < 4.78 is 109. The molecule has 0 spiro atoms. The van der Waals surface area contributed by atoms with Crippen LogP contribution in [-0.4, -0.2) is 62.3 Å². The first kappa shape index (κ1) is 45.0. The van der Waals surface area contributed by atoms with Crippen LogP contribution in [0.4, 0.5) is 5.69 Å². The molecule has 1 aliphatic rings. The molecule has 0 saturated carbocycles. The molecule has 0 aromatic heterocycles. The second-order valence-electron chi connectivity index (χ2n) is 12.0. The topological polar surface area (TPSA) is 178 Å². The molecule has 1 atom stereocenters. The summed E-state index contributed by atoms with van der Waals surface area (Å²) in [4.78, 5) is 1.07. The summed E-state index contributed by atoms with van der Waals surface area (Å²) in [5.41, 5.74) is 3.99. The number of nitrogens with zero attached hydrogens (tertiary/aromatic N) is 2. The summed E-state index contributed by atoms with van der Waals surface area (Å²) in [6.07, 6.45) is 7.65. The normalized spacial score (nSPS) is 14.9. The van der Waals surface area contributed by atoms with Crippen LogP contribution in [0.25, 0.3) is 0 Å². The van der Waals surface area contributed by atoms with Gasteiger partial charge in [0.1, 0.15) is 36.9 Å². The Bertz CT molecular complexity index is 2330. The van der Waals surface area contributed by atoms with E-state index in [-0.39, 0.29) is 79.7 Å². The first-order valence-electron chi connectivity index (χ1n) is 16.1. The van der Waals surface area contributed by atoms with Gasteiger partial charge in [0.15, 0.2) is 12.3 Å². The van der Waals surface area contributed by atoms with E-state index in [0.29, 0.717) is 42.9 Å². The van der Waals surface area contributed by atoms with Crippen LogP contribution < -0.4 is 64.0 Å². The number of hydrogen-bond acceptors (Lipinski definition) is 10. The quantitative estimate of drug-likeness (QED) is 0.0925. The van der Waals surface area contributed by atoms with Crippen LogP contribution in [0.5, 0.6) is 0 Å². The summed E-state index contributed by atoms with van der Waals surface area (Å²) in [5.74, 6) is -0.940. The van der Waals surface area contributed by atoms with E-state index in [9.17, 15) is 38.9 Å². The van der Waals surface area contributed by atoms with Crippen LogP contribution in [0.15, 0.2) is 136 Å². The third-order valence-corrected chi connectivity index (χ3v) is 11.3. The maximum atomic E-state index is 12.4. The standard InChI is InChI=1S/C37H38N2O9S3.2Na/c1-3-38(25-27-9-7-11-33(23-27)49(40,41)42)31-19-15-29(16-20-31)37(35-13-5-6-14-36(35)51(46,47)48)30-17-21-32(22-18-30)39(4-2)26-28-10-8-12-34(24-28)50(43,44)45;;/h5-24,29,37H,3-4,25-26H2,1-2H3,(H2-,40,41,42,43,44,45,46,47,48);;/q;2*+1/p-2. The van der Waals surface area contributed by atoms with Crippen LogP contribution in [0.3, 0.4) is 0 Å². The molecule has 16 heteroatoms. The fourth-order valence-corrected chi connectivity index (χ4v) is 8.06. The molecule has 0 fully saturated rings. The number of allylic oxidation sites excluding steroid dienone is 4. The van der Waals surface area contributed by atoms with E-state index in [4.69, 9.17) is 0 Å². The molecule has 4 aromatic rings. The Hall–Kier alpha value is -2.44. The second kappa shape index (κ2) is 18.9. The summed E-state index contributed by atoms with van der Waals surface area (Å²) in [6, 6.07) is 25.4. The average Bonchev–Trinajstić information content (AvgIpc) is 3.10. The van der Waals surface area contributed by atoms with Gasteiger partial charge in [-0.1, -0.05) is 66.7 Å². The van der Waals surface area contributed by atoms with Crippen molar-refractivity contribution >= 4 is 41.8 Å². The molecule has 0 bridgehead atoms. The number of hydrogen-bond donors (Lipinski definition) is 0. The van der Waals surface area contributed by atoms with Gasteiger partial charge in [-0.25, -0.2) is 29.8 Å². The predicted octanol–water partition coefficient (Wildman–Crippen LogP) is -1.02. The van der Waals surface area contributed by atoms with Gasteiger partial charge in [0, 0.05) is 48.3 Å². The zero-order valence-electron chi connectivity index (χ0n) is 29.8. The van der Waals surface area contributed by atoms with E-state index in [0.717, 1.165) is 17.0 Å². The summed E-state index contributed by atoms with van der Waals surface area (Å²) in [5, 5.41) is 0. The van der Waals surface area contributed by atoms with Gasteiger partial charge in [0.2, 0.25) is 0 Å². The number of rotatable bonds is 13. The van der Waals surface area contributed by atoms with Crippen molar-refractivity contribution in [1.82, 2.24) is 0 Å². The molecular formula is C37H36N2Na2O9S3. The molecule has 0 radical (unpaired) electrons. The molecule has 53 heavy (non-hydrogen) atoms. The van der Waals surface area contributed by atoms with Gasteiger partial charge < -0.3 is 18.6 Å². The minimum atomic E-state index is -4.83. The Labute approximate surface area is 356 Å². The first-order valence-corrected chi connectivity index (χ1v) is 20.3. The van der Waals surface area contributed by atoms with E-state index in [1.54, 1.807) is 24.3 Å².